The minimum Gasteiger partial charge on any atom is -0.388 e. The van der Waals surface area contributed by atoms with E-state index in [0.717, 1.165) is 12.2 Å². The molecule has 0 atom stereocenters. The van der Waals surface area contributed by atoms with E-state index in [1.54, 1.807) is 11.3 Å². The Morgan fingerprint density at radius 2 is 2.11 bits per heavy atom. The van der Waals surface area contributed by atoms with Crippen LogP contribution in [0.3, 0.4) is 0 Å². The minimum atomic E-state index is -0.498. The first-order valence-corrected chi connectivity index (χ1v) is 7.10. The van der Waals surface area contributed by atoms with Gasteiger partial charge in [-0.2, -0.15) is 0 Å². The van der Waals surface area contributed by atoms with Crippen LogP contribution in [0.5, 0.6) is 0 Å². The second-order valence-corrected chi connectivity index (χ2v) is 5.85. The van der Waals surface area contributed by atoms with E-state index in [1.165, 1.54) is 30.1 Å². The summed E-state index contributed by atoms with van der Waals surface area (Å²) in [4.78, 5) is 21.2. The summed E-state index contributed by atoms with van der Waals surface area (Å²) in [6.45, 7) is -0.498. The van der Waals surface area contributed by atoms with Gasteiger partial charge in [0.25, 0.3) is 0 Å². The van der Waals surface area contributed by atoms with E-state index in [2.05, 4.69) is 27.5 Å². The van der Waals surface area contributed by atoms with Gasteiger partial charge in [0.1, 0.15) is 12.4 Å². The van der Waals surface area contributed by atoms with Gasteiger partial charge in [0.15, 0.2) is 5.78 Å². The summed E-state index contributed by atoms with van der Waals surface area (Å²) in [6.07, 6.45) is 6.18. The maximum absolute atomic E-state index is 11.3. The van der Waals surface area contributed by atoms with E-state index in [9.17, 15) is 4.79 Å². The van der Waals surface area contributed by atoms with Crippen molar-refractivity contribution in [3.05, 3.63) is 46.2 Å². The SMILES string of the molecule is O=C(CO)c1cnc(CC2(c3cccs3)CC2)nc1. The number of hydrogen-bond acceptors (Lipinski definition) is 5. The summed E-state index contributed by atoms with van der Waals surface area (Å²) in [7, 11) is 0. The highest BCUT2D eigenvalue weighted by atomic mass is 32.1. The van der Waals surface area contributed by atoms with Gasteiger partial charge in [-0.3, -0.25) is 4.79 Å². The molecule has 0 bridgehead atoms. The first-order valence-electron chi connectivity index (χ1n) is 6.22. The van der Waals surface area contributed by atoms with Crippen molar-refractivity contribution < 1.29 is 9.90 Å². The Morgan fingerprint density at radius 3 is 2.63 bits per heavy atom. The number of Topliss-reactive ketones (excluding diaryl/α,β-unsaturated/α-hetero) is 1. The van der Waals surface area contributed by atoms with Gasteiger partial charge in [0, 0.05) is 29.1 Å². The van der Waals surface area contributed by atoms with Crippen LogP contribution in [0.2, 0.25) is 0 Å². The molecule has 0 unspecified atom stereocenters. The number of hydrogen-bond donors (Lipinski definition) is 1. The number of aliphatic hydroxyl groups excluding tert-OH is 1. The van der Waals surface area contributed by atoms with Crippen LogP contribution in [0.4, 0.5) is 0 Å². The zero-order valence-corrected chi connectivity index (χ0v) is 11.2. The molecule has 3 rings (SSSR count). The average molecular weight is 274 g/mol. The predicted octanol–water partition coefficient (Wildman–Crippen LogP) is 1.99. The zero-order chi connectivity index (χ0) is 13.3. The maximum Gasteiger partial charge on any atom is 0.191 e. The lowest BCUT2D eigenvalue weighted by Gasteiger charge is -2.11. The Kier molecular flexibility index (Phi) is 3.16. The molecule has 0 aromatic carbocycles. The van der Waals surface area contributed by atoms with Gasteiger partial charge in [0.2, 0.25) is 0 Å². The van der Waals surface area contributed by atoms with Crippen molar-refractivity contribution in [2.24, 2.45) is 0 Å². The number of carbonyl (C=O) groups excluding carboxylic acids is 1. The van der Waals surface area contributed by atoms with Crippen molar-refractivity contribution in [2.45, 2.75) is 24.7 Å². The fraction of sp³-hybridized carbons (Fsp3) is 0.357. The molecule has 0 amide bonds. The van der Waals surface area contributed by atoms with Crippen LogP contribution in [-0.2, 0) is 11.8 Å². The van der Waals surface area contributed by atoms with E-state index in [0.29, 0.717) is 5.56 Å². The molecule has 1 fully saturated rings. The highest BCUT2D eigenvalue weighted by molar-refractivity contribution is 7.10. The quantitative estimate of drug-likeness (QED) is 0.847. The Labute approximate surface area is 115 Å². The van der Waals surface area contributed by atoms with Crippen LogP contribution in [0.15, 0.2) is 29.9 Å². The highest BCUT2D eigenvalue weighted by Crippen LogP contribution is 2.51. The van der Waals surface area contributed by atoms with Gasteiger partial charge in [-0.1, -0.05) is 6.07 Å². The molecular formula is C14H14N2O2S. The molecule has 0 spiro atoms. The van der Waals surface area contributed by atoms with Gasteiger partial charge in [0.05, 0.1) is 5.56 Å². The lowest BCUT2D eigenvalue weighted by Crippen LogP contribution is -2.13. The molecule has 1 N–H and O–H groups in total. The molecule has 98 valence electrons. The second kappa shape index (κ2) is 4.83. The Hall–Kier alpha value is -1.59. The Balaban J connectivity index is 1.76. The number of carbonyl (C=O) groups is 1. The molecule has 1 saturated carbocycles. The lowest BCUT2D eigenvalue weighted by molar-refractivity contribution is 0.0903. The van der Waals surface area contributed by atoms with Crippen LogP contribution in [0.25, 0.3) is 0 Å². The number of aliphatic hydroxyl groups is 1. The van der Waals surface area contributed by atoms with E-state index in [-0.39, 0.29) is 11.2 Å². The van der Waals surface area contributed by atoms with Crippen molar-refractivity contribution in [1.29, 1.82) is 0 Å². The predicted molar refractivity (Wildman–Crippen MR) is 72.4 cm³/mol. The van der Waals surface area contributed by atoms with Crippen molar-refractivity contribution in [3.63, 3.8) is 0 Å². The second-order valence-electron chi connectivity index (χ2n) is 4.90. The van der Waals surface area contributed by atoms with Crippen molar-refractivity contribution in [2.75, 3.05) is 6.61 Å². The first kappa shape index (κ1) is 12.4. The largest absolute Gasteiger partial charge is 0.388 e. The van der Waals surface area contributed by atoms with Gasteiger partial charge < -0.3 is 5.11 Å². The van der Waals surface area contributed by atoms with Crippen LogP contribution in [0.1, 0.15) is 33.9 Å². The summed E-state index contributed by atoms with van der Waals surface area (Å²) in [5.41, 5.74) is 0.587. The van der Waals surface area contributed by atoms with Crippen LogP contribution in [-0.4, -0.2) is 27.5 Å². The molecule has 19 heavy (non-hydrogen) atoms. The fourth-order valence-electron chi connectivity index (χ4n) is 2.23. The van der Waals surface area contributed by atoms with Gasteiger partial charge in [-0.25, -0.2) is 9.97 Å². The standard InChI is InChI=1S/C14H14N2O2S/c17-9-11(18)10-7-15-13(16-8-10)6-14(3-4-14)12-2-1-5-19-12/h1-2,5,7-8,17H,3-4,6,9H2. The number of aromatic nitrogens is 2. The summed E-state index contributed by atoms with van der Waals surface area (Å²) >= 11 is 1.78. The number of thiophene rings is 1. The highest BCUT2D eigenvalue weighted by Gasteiger charge is 2.45. The maximum atomic E-state index is 11.3. The van der Waals surface area contributed by atoms with Crippen molar-refractivity contribution >= 4 is 17.1 Å². The monoisotopic (exact) mass is 274 g/mol. The molecule has 4 nitrogen and oxygen atoms in total. The van der Waals surface area contributed by atoms with Crippen LogP contribution < -0.4 is 0 Å². The van der Waals surface area contributed by atoms with Gasteiger partial charge >= 0.3 is 0 Å². The Morgan fingerprint density at radius 1 is 1.37 bits per heavy atom. The van der Waals surface area contributed by atoms with E-state index < -0.39 is 6.61 Å². The molecule has 0 aliphatic heterocycles. The normalized spacial score (nSPS) is 16.3. The molecule has 0 saturated heterocycles. The average Bonchev–Trinajstić information content (AvgIpc) is 3.02. The third kappa shape index (κ3) is 2.43. The summed E-state index contributed by atoms with van der Waals surface area (Å²) in [5.74, 6) is 0.423. The van der Waals surface area contributed by atoms with E-state index in [1.807, 2.05) is 0 Å². The van der Waals surface area contributed by atoms with E-state index >= 15 is 0 Å². The molecule has 2 heterocycles. The molecule has 2 aromatic heterocycles. The molecule has 1 aliphatic rings. The minimum absolute atomic E-state index is 0.219. The molecule has 0 radical (unpaired) electrons. The summed E-state index contributed by atoms with van der Waals surface area (Å²) in [6, 6.07) is 4.24. The summed E-state index contributed by atoms with van der Waals surface area (Å²) < 4.78 is 0. The van der Waals surface area contributed by atoms with Gasteiger partial charge in [-0.05, 0) is 24.3 Å². The lowest BCUT2D eigenvalue weighted by atomic mass is 10.00. The zero-order valence-electron chi connectivity index (χ0n) is 10.4. The smallest absolute Gasteiger partial charge is 0.191 e. The van der Waals surface area contributed by atoms with Crippen LogP contribution >= 0.6 is 11.3 Å². The molecule has 1 aliphatic carbocycles. The fourth-order valence-corrected chi connectivity index (χ4v) is 3.21. The first-order chi connectivity index (χ1) is 9.23. The molecule has 5 heteroatoms. The number of nitrogens with zero attached hydrogens (tertiary/aromatic N) is 2. The van der Waals surface area contributed by atoms with Crippen molar-refractivity contribution in [1.82, 2.24) is 9.97 Å². The number of ketones is 1. The molecule has 2 aromatic rings. The molecular weight excluding hydrogens is 260 g/mol. The van der Waals surface area contributed by atoms with Crippen molar-refractivity contribution in [3.8, 4) is 0 Å². The third-order valence-electron chi connectivity index (χ3n) is 3.56. The Bertz CT molecular complexity index is 574. The number of rotatable bonds is 5. The van der Waals surface area contributed by atoms with Crippen LogP contribution in [0, 0.1) is 0 Å². The van der Waals surface area contributed by atoms with E-state index in [4.69, 9.17) is 5.11 Å². The summed E-state index contributed by atoms with van der Waals surface area (Å²) in [5, 5.41) is 10.9. The third-order valence-corrected chi connectivity index (χ3v) is 4.68. The topological polar surface area (TPSA) is 63.1 Å². The van der Waals surface area contributed by atoms with Gasteiger partial charge in [-0.15, -0.1) is 11.3 Å².